The summed E-state index contributed by atoms with van der Waals surface area (Å²) in [7, 11) is -3.75. The Morgan fingerprint density at radius 1 is 1.03 bits per heavy atom. The first-order valence-corrected chi connectivity index (χ1v) is 13.8. The second kappa shape index (κ2) is 11.8. The van der Waals surface area contributed by atoms with Crippen molar-refractivity contribution in [1.29, 1.82) is 0 Å². The molecule has 0 aliphatic carbocycles. The van der Waals surface area contributed by atoms with E-state index < -0.39 is 28.5 Å². The van der Waals surface area contributed by atoms with Crippen molar-refractivity contribution >= 4 is 43.5 Å². The summed E-state index contributed by atoms with van der Waals surface area (Å²) in [6.07, 6.45) is 1.08. The van der Waals surface area contributed by atoms with Crippen molar-refractivity contribution in [2.24, 2.45) is 5.92 Å². The van der Waals surface area contributed by atoms with Gasteiger partial charge in [-0.15, -0.1) is 0 Å². The fourth-order valence-corrected chi connectivity index (χ4v) is 4.86. The highest BCUT2D eigenvalue weighted by atomic mass is 79.9. The monoisotopic (exact) mass is 551 g/mol. The van der Waals surface area contributed by atoms with Crippen LogP contribution >= 0.6 is 15.9 Å². The van der Waals surface area contributed by atoms with Crippen LogP contribution in [0.3, 0.4) is 0 Å². The minimum absolute atomic E-state index is 0.166. The summed E-state index contributed by atoms with van der Waals surface area (Å²) in [5.74, 6) is -0.484. The molecule has 0 bridgehead atoms. The van der Waals surface area contributed by atoms with Crippen molar-refractivity contribution in [3.63, 3.8) is 0 Å². The third kappa shape index (κ3) is 8.13. The molecule has 0 fully saturated rings. The van der Waals surface area contributed by atoms with Crippen molar-refractivity contribution in [3.8, 4) is 0 Å². The van der Waals surface area contributed by atoms with Crippen LogP contribution in [0, 0.1) is 19.8 Å². The first-order valence-electron chi connectivity index (χ1n) is 11.2. The summed E-state index contributed by atoms with van der Waals surface area (Å²) in [6.45, 7) is 9.63. The largest absolute Gasteiger partial charge is 0.354 e. The fraction of sp³-hybridized carbons (Fsp3) is 0.440. The zero-order valence-electron chi connectivity index (χ0n) is 20.6. The van der Waals surface area contributed by atoms with E-state index in [4.69, 9.17) is 0 Å². The molecule has 0 aliphatic rings. The van der Waals surface area contributed by atoms with E-state index in [-0.39, 0.29) is 18.4 Å². The number of benzene rings is 2. The molecule has 2 aromatic rings. The van der Waals surface area contributed by atoms with Crippen molar-refractivity contribution in [2.45, 2.75) is 47.2 Å². The number of hydrogen-bond donors (Lipinski definition) is 1. The highest BCUT2D eigenvalue weighted by Crippen LogP contribution is 2.22. The number of hydrogen-bond acceptors (Lipinski definition) is 4. The van der Waals surface area contributed by atoms with Crippen LogP contribution < -0.4 is 9.62 Å². The van der Waals surface area contributed by atoms with E-state index in [1.54, 1.807) is 19.1 Å². The van der Waals surface area contributed by atoms with E-state index in [0.29, 0.717) is 12.2 Å². The molecule has 0 radical (unpaired) electrons. The summed E-state index contributed by atoms with van der Waals surface area (Å²) in [5.41, 5.74) is 3.03. The van der Waals surface area contributed by atoms with Crippen LogP contribution in [0.5, 0.6) is 0 Å². The molecule has 7 nitrogen and oxygen atoms in total. The van der Waals surface area contributed by atoms with Crippen LogP contribution in [-0.2, 0) is 26.2 Å². The number of aryl methyl sites for hydroxylation is 2. The molecule has 2 amide bonds. The second-order valence-electron chi connectivity index (χ2n) is 9.08. The Bertz CT molecular complexity index is 1110. The molecule has 2 rings (SSSR count). The predicted octanol–water partition coefficient (Wildman–Crippen LogP) is 4.02. The van der Waals surface area contributed by atoms with Gasteiger partial charge in [0.05, 0.1) is 11.9 Å². The molecular formula is C25H34BrN3O4S. The molecule has 0 heterocycles. The Labute approximate surface area is 211 Å². The molecular weight excluding hydrogens is 518 g/mol. The summed E-state index contributed by atoms with van der Waals surface area (Å²) in [4.78, 5) is 27.8. The molecule has 0 unspecified atom stereocenters. The zero-order valence-corrected chi connectivity index (χ0v) is 23.0. The third-order valence-corrected chi connectivity index (χ3v) is 6.90. The van der Waals surface area contributed by atoms with Gasteiger partial charge in [0.25, 0.3) is 0 Å². The van der Waals surface area contributed by atoms with Crippen LogP contribution in [0.25, 0.3) is 0 Å². The lowest BCUT2D eigenvalue weighted by Crippen LogP contribution is -2.51. The number of sulfonamides is 1. The van der Waals surface area contributed by atoms with Crippen molar-refractivity contribution in [2.75, 3.05) is 23.7 Å². The number of anilines is 1. The van der Waals surface area contributed by atoms with Crippen molar-refractivity contribution in [1.82, 2.24) is 10.2 Å². The van der Waals surface area contributed by atoms with Gasteiger partial charge in [0.1, 0.15) is 12.6 Å². The lowest BCUT2D eigenvalue weighted by atomic mass is 10.1. The average Bonchev–Trinajstić information content (AvgIpc) is 2.71. The van der Waals surface area contributed by atoms with Gasteiger partial charge in [-0.05, 0) is 67.6 Å². The van der Waals surface area contributed by atoms with Crippen LogP contribution in [-0.4, -0.2) is 50.5 Å². The Morgan fingerprint density at radius 3 is 2.18 bits per heavy atom. The number of carbonyl (C=O) groups is 2. The molecule has 34 heavy (non-hydrogen) atoms. The number of amides is 2. The predicted molar refractivity (Wildman–Crippen MR) is 140 cm³/mol. The smallest absolute Gasteiger partial charge is 0.244 e. The Balaban J connectivity index is 2.40. The average molecular weight is 553 g/mol. The van der Waals surface area contributed by atoms with Gasteiger partial charge >= 0.3 is 0 Å². The van der Waals surface area contributed by atoms with Crippen molar-refractivity contribution in [3.05, 3.63) is 63.6 Å². The number of carbonyl (C=O) groups excluding carboxylic acids is 2. The Kier molecular flexibility index (Phi) is 9.70. The van der Waals surface area contributed by atoms with E-state index in [2.05, 4.69) is 21.2 Å². The lowest BCUT2D eigenvalue weighted by Gasteiger charge is -2.31. The molecule has 1 N–H and O–H groups in total. The SMILES string of the molecule is Cc1cc(C)cc(N(CC(=O)N(Cc2cccc(Br)c2)[C@@H](C)C(=O)NCC(C)C)S(C)(=O)=O)c1. The van der Waals surface area contributed by atoms with Crippen LogP contribution in [0.2, 0.25) is 0 Å². The van der Waals surface area contributed by atoms with Gasteiger partial charge < -0.3 is 10.2 Å². The molecule has 0 aliphatic heterocycles. The van der Waals surface area contributed by atoms with Gasteiger partial charge in [0.2, 0.25) is 21.8 Å². The zero-order chi connectivity index (χ0) is 25.6. The highest BCUT2D eigenvalue weighted by Gasteiger charge is 2.30. The normalized spacial score (nSPS) is 12.4. The van der Waals surface area contributed by atoms with E-state index in [1.807, 2.05) is 58.0 Å². The quantitative estimate of drug-likeness (QED) is 0.483. The first-order chi connectivity index (χ1) is 15.8. The Hall–Kier alpha value is -2.39. The van der Waals surface area contributed by atoms with Gasteiger partial charge in [0, 0.05) is 17.6 Å². The lowest BCUT2D eigenvalue weighted by molar-refractivity contribution is -0.139. The standard InChI is InChI=1S/C25H34BrN3O4S/c1-17(2)14-27-25(31)20(5)28(15-21-8-7-9-22(26)13-21)24(30)16-29(34(6,32)33)23-11-18(3)10-19(4)12-23/h7-13,17,20H,14-16H2,1-6H3,(H,27,31)/t20-/m0/s1. The number of nitrogens with zero attached hydrogens (tertiary/aromatic N) is 2. The maximum Gasteiger partial charge on any atom is 0.244 e. The van der Waals surface area contributed by atoms with E-state index in [0.717, 1.165) is 31.7 Å². The minimum atomic E-state index is -3.75. The van der Waals surface area contributed by atoms with Gasteiger partial charge in [-0.3, -0.25) is 13.9 Å². The molecule has 0 aromatic heterocycles. The summed E-state index contributed by atoms with van der Waals surface area (Å²) in [5, 5.41) is 2.87. The van der Waals surface area contributed by atoms with Gasteiger partial charge in [-0.2, -0.15) is 0 Å². The number of rotatable bonds is 10. The third-order valence-electron chi connectivity index (χ3n) is 5.27. The molecule has 186 valence electrons. The van der Waals surface area contributed by atoms with Crippen LogP contribution in [0.4, 0.5) is 5.69 Å². The van der Waals surface area contributed by atoms with Crippen LogP contribution in [0.1, 0.15) is 37.5 Å². The highest BCUT2D eigenvalue weighted by molar-refractivity contribution is 9.10. The molecule has 2 aromatic carbocycles. The number of nitrogens with one attached hydrogen (secondary N) is 1. The van der Waals surface area contributed by atoms with Gasteiger partial charge in [-0.1, -0.05) is 48.0 Å². The van der Waals surface area contributed by atoms with E-state index >= 15 is 0 Å². The molecule has 1 atom stereocenters. The van der Waals surface area contributed by atoms with Gasteiger partial charge in [-0.25, -0.2) is 8.42 Å². The van der Waals surface area contributed by atoms with E-state index in [9.17, 15) is 18.0 Å². The maximum atomic E-state index is 13.5. The molecule has 0 saturated heterocycles. The fourth-order valence-electron chi connectivity index (χ4n) is 3.58. The molecule has 9 heteroatoms. The van der Waals surface area contributed by atoms with E-state index in [1.165, 1.54) is 4.90 Å². The molecule has 0 spiro atoms. The summed E-state index contributed by atoms with van der Waals surface area (Å²) in [6, 6.07) is 12.1. The van der Waals surface area contributed by atoms with Crippen LogP contribution in [0.15, 0.2) is 46.9 Å². The topological polar surface area (TPSA) is 86.8 Å². The summed E-state index contributed by atoms with van der Waals surface area (Å²) >= 11 is 3.44. The first kappa shape index (κ1) is 27.9. The van der Waals surface area contributed by atoms with Gasteiger partial charge in [0.15, 0.2) is 0 Å². The number of halogens is 1. The minimum Gasteiger partial charge on any atom is -0.354 e. The summed E-state index contributed by atoms with van der Waals surface area (Å²) < 4.78 is 27.3. The maximum absolute atomic E-state index is 13.5. The Morgan fingerprint density at radius 2 is 1.65 bits per heavy atom. The molecule has 0 saturated carbocycles. The van der Waals surface area contributed by atoms with Crippen molar-refractivity contribution < 1.29 is 18.0 Å². The second-order valence-corrected chi connectivity index (χ2v) is 11.9.